The molecule has 0 aliphatic carbocycles. The lowest BCUT2D eigenvalue weighted by Crippen LogP contribution is -2.12. The summed E-state index contributed by atoms with van der Waals surface area (Å²) in [6, 6.07) is 10.2. The first-order valence-electron chi connectivity index (χ1n) is 5.91. The van der Waals surface area contributed by atoms with E-state index in [4.69, 9.17) is 4.74 Å². The van der Waals surface area contributed by atoms with Gasteiger partial charge in [0.15, 0.2) is 6.29 Å². The fraction of sp³-hybridized carbons (Fsp3) is 0.143. The summed E-state index contributed by atoms with van der Waals surface area (Å²) in [6.45, 7) is 2.51. The molecule has 0 saturated carbocycles. The van der Waals surface area contributed by atoms with Crippen LogP contribution in [0.1, 0.15) is 27.9 Å². The van der Waals surface area contributed by atoms with Crippen molar-refractivity contribution in [2.75, 3.05) is 11.9 Å². The molecule has 2 N–H and O–H groups in total. The molecular weight excluding hydrogens is 244 g/mol. The van der Waals surface area contributed by atoms with E-state index in [0.717, 1.165) is 5.75 Å². The second kappa shape index (κ2) is 5.86. The van der Waals surface area contributed by atoms with Gasteiger partial charge in [0.1, 0.15) is 11.4 Å². The molecule has 2 aromatic rings. The summed E-state index contributed by atoms with van der Waals surface area (Å²) in [5, 5.41) is 2.72. The van der Waals surface area contributed by atoms with Crippen LogP contribution in [-0.2, 0) is 0 Å². The van der Waals surface area contributed by atoms with Crippen molar-refractivity contribution in [3.05, 3.63) is 47.8 Å². The number of aromatic amines is 1. The predicted octanol–water partition coefficient (Wildman–Crippen LogP) is 2.48. The Balaban J connectivity index is 2.03. The van der Waals surface area contributed by atoms with Crippen LogP contribution in [0.4, 0.5) is 5.69 Å². The SMILES string of the molecule is CCOc1ccc(NC(=O)c2ccc(C=O)[nH]2)cc1. The van der Waals surface area contributed by atoms with E-state index in [1.54, 1.807) is 36.4 Å². The number of nitrogens with one attached hydrogen (secondary N) is 2. The Morgan fingerprint density at radius 3 is 2.58 bits per heavy atom. The minimum atomic E-state index is -0.294. The first kappa shape index (κ1) is 12.9. The summed E-state index contributed by atoms with van der Waals surface area (Å²) in [5.41, 5.74) is 1.38. The topological polar surface area (TPSA) is 71.2 Å². The van der Waals surface area contributed by atoms with E-state index >= 15 is 0 Å². The van der Waals surface area contributed by atoms with E-state index in [9.17, 15) is 9.59 Å². The Morgan fingerprint density at radius 2 is 2.00 bits per heavy atom. The smallest absolute Gasteiger partial charge is 0.272 e. The highest BCUT2D eigenvalue weighted by molar-refractivity contribution is 6.03. The zero-order valence-corrected chi connectivity index (χ0v) is 10.5. The van der Waals surface area contributed by atoms with E-state index in [1.807, 2.05) is 6.92 Å². The molecule has 19 heavy (non-hydrogen) atoms. The van der Waals surface area contributed by atoms with E-state index in [1.165, 1.54) is 0 Å². The van der Waals surface area contributed by atoms with Crippen LogP contribution in [0.15, 0.2) is 36.4 Å². The number of ether oxygens (including phenoxy) is 1. The van der Waals surface area contributed by atoms with Gasteiger partial charge in [-0.2, -0.15) is 0 Å². The van der Waals surface area contributed by atoms with Crippen molar-refractivity contribution in [1.82, 2.24) is 4.98 Å². The third-order valence-corrected chi connectivity index (χ3v) is 2.50. The number of aldehydes is 1. The predicted molar refractivity (Wildman–Crippen MR) is 71.7 cm³/mol. The molecule has 98 valence electrons. The third-order valence-electron chi connectivity index (χ3n) is 2.50. The first-order valence-corrected chi connectivity index (χ1v) is 5.91. The quantitative estimate of drug-likeness (QED) is 0.809. The molecule has 1 amide bonds. The molecule has 1 aromatic heterocycles. The highest BCUT2D eigenvalue weighted by Crippen LogP contribution is 2.16. The highest BCUT2D eigenvalue weighted by Gasteiger charge is 2.08. The number of hydrogen-bond acceptors (Lipinski definition) is 3. The molecule has 0 fully saturated rings. The number of rotatable bonds is 5. The maximum Gasteiger partial charge on any atom is 0.272 e. The van der Waals surface area contributed by atoms with Crippen molar-refractivity contribution in [1.29, 1.82) is 0 Å². The Labute approximate surface area is 110 Å². The van der Waals surface area contributed by atoms with Crippen LogP contribution >= 0.6 is 0 Å². The van der Waals surface area contributed by atoms with Gasteiger partial charge in [-0.15, -0.1) is 0 Å². The van der Waals surface area contributed by atoms with Crippen molar-refractivity contribution < 1.29 is 14.3 Å². The molecule has 0 radical (unpaired) electrons. The number of carbonyl (C=O) groups is 2. The van der Waals surface area contributed by atoms with Gasteiger partial charge in [-0.05, 0) is 43.3 Å². The molecule has 0 saturated heterocycles. The van der Waals surface area contributed by atoms with Crippen molar-refractivity contribution in [2.45, 2.75) is 6.92 Å². The Morgan fingerprint density at radius 1 is 1.26 bits per heavy atom. The molecule has 1 aromatic carbocycles. The summed E-state index contributed by atoms with van der Waals surface area (Å²) in [6.07, 6.45) is 0.660. The minimum absolute atomic E-state index is 0.294. The largest absolute Gasteiger partial charge is 0.494 e. The number of benzene rings is 1. The molecule has 5 nitrogen and oxygen atoms in total. The van der Waals surface area contributed by atoms with Gasteiger partial charge in [-0.1, -0.05) is 0 Å². The molecule has 0 aliphatic heterocycles. The zero-order chi connectivity index (χ0) is 13.7. The number of aromatic nitrogens is 1. The molecule has 2 rings (SSSR count). The average molecular weight is 258 g/mol. The van der Waals surface area contributed by atoms with E-state index < -0.39 is 0 Å². The van der Waals surface area contributed by atoms with Crippen LogP contribution in [0.25, 0.3) is 0 Å². The van der Waals surface area contributed by atoms with Crippen LogP contribution in [0.3, 0.4) is 0 Å². The van der Waals surface area contributed by atoms with Crippen LogP contribution in [0, 0.1) is 0 Å². The Kier molecular flexibility index (Phi) is 3.97. The molecule has 0 bridgehead atoms. The van der Waals surface area contributed by atoms with Gasteiger partial charge in [0, 0.05) is 5.69 Å². The summed E-state index contributed by atoms with van der Waals surface area (Å²) in [5.74, 6) is 0.459. The molecule has 0 unspecified atom stereocenters. The second-order valence-electron chi connectivity index (χ2n) is 3.86. The van der Waals surface area contributed by atoms with E-state index in [2.05, 4.69) is 10.3 Å². The fourth-order valence-corrected chi connectivity index (χ4v) is 1.61. The standard InChI is InChI=1S/C14H14N2O3/c1-2-19-12-6-3-10(4-7-12)16-14(18)13-8-5-11(9-17)15-13/h3-9,15H,2H2,1H3,(H,16,18). The molecule has 0 spiro atoms. The van der Waals surface area contributed by atoms with Crippen molar-refractivity contribution in [2.24, 2.45) is 0 Å². The van der Waals surface area contributed by atoms with Gasteiger partial charge in [0.05, 0.1) is 12.3 Å². The first-order chi connectivity index (χ1) is 9.22. The fourth-order valence-electron chi connectivity index (χ4n) is 1.61. The van der Waals surface area contributed by atoms with Gasteiger partial charge in [0.25, 0.3) is 5.91 Å². The number of anilines is 1. The van der Waals surface area contributed by atoms with Crippen LogP contribution < -0.4 is 10.1 Å². The summed E-state index contributed by atoms with van der Waals surface area (Å²) < 4.78 is 5.31. The monoisotopic (exact) mass is 258 g/mol. The number of carbonyl (C=O) groups excluding carboxylic acids is 2. The Bertz CT molecular complexity index is 573. The average Bonchev–Trinajstić information content (AvgIpc) is 2.90. The van der Waals surface area contributed by atoms with Crippen molar-refractivity contribution >= 4 is 17.9 Å². The third kappa shape index (κ3) is 3.22. The summed E-state index contributed by atoms with van der Waals surface area (Å²) in [4.78, 5) is 25.1. The highest BCUT2D eigenvalue weighted by atomic mass is 16.5. The van der Waals surface area contributed by atoms with Crippen molar-refractivity contribution in [3.63, 3.8) is 0 Å². The van der Waals surface area contributed by atoms with E-state index in [0.29, 0.717) is 30.0 Å². The van der Waals surface area contributed by atoms with Gasteiger partial charge >= 0.3 is 0 Å². The lowest BCUT2D eigenvalue weighted by molar-refractivity contribution is 0.102. The number of amides is 1. The van der Waals surface area contributed by atoms with Crippen LogP contribution in [0.5, 0.6) is 5.75 Å². The molecule has 0 aliphatic rings. The molecular formula is C14H14N2O3. The van der Waals surface area contributed by atoms with Gasteiger partial charge < -0.3 is 15.0 Å². The second-order valence-corrected chi connectivity index (χ2v) is 3.86. The Hall–Kier alpha value is -2.56. The summed E-state index contributed by atoms with van der Waals surface area (Å²) >= 11 is 0. The molecule has 1 heterocycles. The van der Waals surface area contributed by atoms with E-state index in [-0.39, 0.29) is 5.91 Å². The summed E-state index contributed by atoms with van der Waals surface area (Å²) in [7, 11) is 0. The zero-order valence-electron chi connectivity index (χ0n) is 10.5. The van der Waals surface area contributed by atoms with Crippen LogP contribution in [0.2, 0.25) is 0 Å². The lowest BCUT2D eigenvalue weighted by Gasteiger charge is -2.06. The lowest BCUT2D eigenvalue weighted by atomic mass is 10.3. The van der Waals surface area contributed by atoms with Gasteiger partial charge in [0.2, 0.25) is 0 Å². The maximum atomic E-state index is 11.9. The minimum Gasteiger partial charge on any atom is -0.494 e. The van der Waals surface area contributed by atoms with Gasteiger partial charge in [-0.25, -0.2) is 0 Å². The number of hydrogen-bond donors (Lipinski definition) is 2. The number of H-pyrrole nitrogens is 1. The van der Waals surface area contributed by atoms with Crippen molar-refractivity contribution in [3.8, 4) is 5.75 Å². The molecule has 5 heteroatoms. The maximum absolute atomic E-state index is 11.9. The molecule has 0 atom stereocenters. The van der Waals surface area contributed by atoms with Crippen LogP contribution in [-0.4, -0.2) is 23.8 Å². The normalized spacial score (nSPS) is 9.95. The van der Waals surface area contributed by atoms with Gasteiger partial charge in [-0.3, -0.25) is 9.59 Å².